The summed E-state index contributed by atoms with van der Waals surface area (Å²) >= 11 is 0. The Morgan fingerprint density at radius 2 is 2.03 bits per heavy atom. The number of aromatic nitrogens is 4. The smallest absolute Gasteiger partial charge is 0.279 e. The normalized spacial score (nSPS) is 17.5. The minimum atomic E-state index is -2.72. The summed E-state index contributed by atoms with van der Waals surface area (Å²) in [5, 5.41) is 6.62. The topological polar surface area (TPSA) is 120 Å². The van der Waals surface area contributed by atoms with Crippen molar-refractivity contribution in [3.63, 3.8) is 0 Å². The summed E-state index contributed by atoms with van der Waals surface area (Å²) in [6.07, 6.45) is -2.17. The predicted molar refractivity (Wildman–Crippen MR) is 132 cm³/mol. The molecule has 0 unspecified atom stereocenters. The van der Waals surface area contributed by atoms with Crippen LogP contribution in [0.1, 0.15) is 46.8 Å². The van der Waals surface area contributed by atoms with Crippen LogP contribution in [0, 0.1) is 18.2 Å². The SMILES string of the molecule is CCn1nc(C)c(F)c1C(=O)Nc1nc2cc(C(N)=O)cc3c2n1C[C@](C)(C(F)F)CN3CCCOC. The van der Waals surface area contributed by atoms with Gasteiger partial charge >= 0.3 is 0 Å². The van der Waals surface area contributed by atoms with E-state index in [2.05, 4.69) is 15.4 Å². The van der Waals surface area contributed by atoms with E-state index in [4.69, 9.17) is 10.5 Å². The van der Waals surface area contributed by atoms with Gasteiger partial charge in [-0.25, -0.2) is 18.2 Å². The van der Waals surface area contributed by atoms with Crippen molar-refractivity contribution in [3.8, 4) is 0 Å². The minimum absolute atomic E-state index is 0.0306. The van der Waals surface area contributed by atoms with Gasteiger partial charge in [0.1, 0.15) is 0 Å². The standard InChI is InChI=1S/C24H30F3N7O3/c1-5-34-19(17(25)13(2)31-34)21(36)30-23-29-15-9-14(20(28)35)10-16-18(15)33(23)12-24(3,22(26)27)11-32(16)7-6-8-37-4/h9-10,22H,5-8,11-12H2,1-4H3,(H2,28,35)(H,29,30,36)/t24-/m1/s1. The van der Waals surface area contributed by atoms with Crippen LogP contribution in [0.15, 0.2) is 12.1 Å². The van der Waals surface area contributed by atoms with Crippen molar-refractivity contribution in [1.82, 2.24) is 19.3 Å². The van der Waals surface area contributed by atoms with Gasteiger partial charge in [0.25, 0.3) is 5.91 Å². The molecule has 0 radical (unpaired) electrons. The van der Waals surface area contributed by atoms with Gasteiger partial charge in [0.05, 0.1) is 27.8 Å². The number of methoxy groups -OCH3 is 1. The highest BCUT2D eigenvalue weighted by atomic mass is 19.3. The van der Waals surface area contributed by atoms with Gasteiger partial charge in [-0.3, -0.25) is 19.6 Å². The number of nitrogens with one attached hydrogen (secondary N) is 1. The fraction of sp³-hybridized carbons (Fsp3) is 0.500. The molecule has 3 heterocycles. The van der Waals surface area contributed by atoms with Crippen molar-refractivity contribution >= 4 is 34.5 Å². The van der Waals surface area contributed by atoms with E-state index in [1.807, 2.05) is 0 Å². The Kier molecular flexibility index (Phi) is 7.18. The van der Waals surface area contributed by atoms with E-state index in [1.165, 1.54) is 29.2 Å². The number of amides is 2. The van der Waals surface area contributed by atoms with Crippen LogP contribution in [-0.4, -0.2) is 64.4 Å². The maximum atomic E-state index is 14.7. The molecule has 0 bridgehead atoms. The zero-order chi connectivity index (χ0) is 27.1. The highest BCUT2D eigenvalue weighted by molar-refractivity contribution is 6.05. The second kappa shape index (κ2) is 10.0. The molecule has 2 amide bonds. The zero-order valence-corrected chi connectivity index (χ0v) is 21.1. The third-order valence-electron chi connectivity index (χ3n) is 6.62. The van der Waals surface area contributed by atoms with Gasteiger partial charge in [0, 0.05) is 45.5 Å². The van der Waals surface area contributed by atoms with Crippen molar-refractivity contribution < 1.29 is 27.5 Å². The lowest BCUT2D eigenvalue weighted by Gasteiger charge is -2.34. The van der Waals surface area contributed by atoms with E-state index < -0.39 is 29.5 Å². The summed E-state index contributed by atoms with van der Waals surface area (Å²) in [6, 6.07) is 3.00. The Labute approximate surface area is 211 Å². The maximum absolute atomic E-state index is 14.7. The lowest BCUT2D eigenvalue weighted by Crippen LogP contribution is -2.42. The number of imidazole rings is 1. The summed E-state index contributed by atoms with van der Waals surface area (Å²) in [4.78, 5) is 31.5. The molecule has 0 saturated carbocycles. The molecule has 10 nitrogen and oxygen atoms in total. The van der Waals surface area contributed by atoms with E-state index in [9.17, 15) is 22.8 Å². The molecule has 200 valence electrons. The Bertz CT molecular complexity index is 1350. The first-order valence-corrected chi connectivity index (χ1v) is 11.9. The number of ether oxygens (including phenoxy) is 1. The number of aryl methyl sites for hydroxylation is 2. The molecule has 13 heteroatoms. The molecule has 1 aliphatic rings. The average molecular weight is 522 g/mol. The zero-order valence-electron chi connectivity index (χ0n) is 21.1. The number of carbonyl (C=O) groups is 2. The minimum Gasteiger partial charge on any atom is -0.385 e. The van der Waals surface area contributed by atoms with Crippen LogP contribution in [0.4, 0.5) is 24.8 Å². The van der Waals surface area contributed by atoms with Crippen LogP contribution in [0.25, 0.3) is 11.0 Å². The highest BCUT2D eigenvalue weighted by Gasteiger charge is 2.42. The van der Waals surface area contributed by atoms with Gasteiger partial charge < -0.3 is 19.9 Å². The number of alkyl halides is 2. The Hall–Kier alpha value is -3.61. The lowest BCUT2D eigenvalue weighted by atomic mass is 9.90. The van der Waals surface area contributed by atoms with Crippen LogP contribution in [0.5, 0.6) is 0 Å². The van der Waals surface area contributed by atoms with Crippen LogP contribution >= 0.6 is 0 Å². The number of benzene rings is 1. The summed E-state index contributed by atoms with van der Waals surface area (Å²) in [6.45, 7) is 5.43. The van der Waals surface area contributed by atoms with Crippen molar-refractivity contribution in [1.29, 1.82) is 0 Å². The third kappa shape index (κ3) is 4.75. The van der Waals surface area contributed by atoms with Crippen LogP contribution in [-0.2, 0) is 17.8 Å². The monoisotopic (exact) mass is 521 g/mol. The highest BCUT2D eigenvalue weighted by Crippen LogP contribution is 2.41. The fourth-order valence-electron chi connectivity index (χ4n) is 4.71. The lowest BCUT2D eigenvalue weighted by molar-refractivity contribution is 0.00214. The average Bonchev–Trinajstić information content (AvgIpc) is 3.28. The molecule has 4 rings (SSSR count). The second-order valence-corrected chi connectivity index (χ2v) is 9.49. The van der Waals surface area contributed by atoms with Crippen molar-refractivity contribution in [2.24, 2.45) is 11.1 Å². The first-order valence-electron chi connectivity index (χ1n) is 11.9. The van der Waals surface area contributed by atoms with Crippen LogP contribution in [0.2, 0.25) is 0 Å². The number of nitrogens with zero attached hydrogens (tertiary/aromatic N) is 5. The second-order valence-electron chi connectivity index (χ2n) is 9.49. The van der Waals surface area contributed by atoms with Crippen molar-refractivity contribution in [2.75, 3.05) is 37.0 Å². The molecule has 0 aliphatic carbocycles. The molecule has 0 saturated heterocycles. The van der Waals surface area contributed by atoms with E-state index >= 15 is 0 Å². The van der Waals surface area contributed by atoms with Gasteiger partial charge in [-0.05, 0) is 32.4 Å². The number of hydrogen-bond acceptors (Lipinski definition) is 6. The quantitative estimate of drug-likeness (QED) is 0.418. The summed E-state index contributed by atoms with van der Waals surface area (Å²) < 4.78 is 51.5. The van der Waals surface area contributed by atoms with Crippen molar-refractivity contribution in [3.05, 3.63) is 34.9 Å². The van der Waals surface area contributed by atoms with E-state index in [-0.39, 0.29) is 48.1 Å². The number of hydrogen-bond donors (Lipinski definition) is 2. The molecule has 1 aliphatic heterocycles. The van der Waals surface area contributed by atoms with Crippen LogP contribution < -0.4 is 16.0 Å². The molecule has 3 N–H and O–H groups in total. The van der Waals surface area contributed by atoms with Gasteiger partial charge in [-0.2, -0.15) is 5.10 Å². The molecule has 37 heavy (non-hydrogen) atoms. The molecule has 0 spiro atoms. The predicted octanol–water partition coefficient (Wildman–Crippen LogP) is 3.18. The van der Waals surface area contributed by atoms with Crippen molar-refractivity contribution in [2.45, 2.75) is 46.7 Å². The maximum Gasteiger partial charge on any atom is 0.279 e. The Balaban J connectivity index is 1.89. The van der Waals surface area contributed by atoms with E-state index in [0.717, 1.165) is 0 Å². The summed E-state index contributed by atoms with van der Waals surface area (Å²) in [5.74, 6) is -2.34. The first kappa shape index (κ1) is 26.5. The molecular weight excluding hydrogens is 491 g/mol. The molecule has 1 atom stereocenters. The number of nitrogens with two attached hydrogens (primary N) is 1. The molecule has 1 aromatic carbocycles. The molecule has 2 aromatic heterocycles. The number of primary amides is 1. The summed E-state index contributed by atoms with van der Waals surface area (Å²) in [5.41, 5.74) is 5.17. The number of rotatable bonds is 9. The van der Waals surface area contributed by atoms with Gasteiger partial charge in [0.2, 0.25) is 18.3 Å². The van der Waals surface area contributed by atoms with Crippen LogP contribution in [0.3, 0.4) is 0 Å². The molecule has 3 aromatic rings. The third-order valence-corrected chi connectivity index (χ3v) is 6.62. The largest absolute Gasteiger partial charge is 0.385 e. The van der Waals surface area contributed by atoms with E-state index in [0.29, 0.717) is 30.8 Å². The molecular formula is C24H30F3N7O3. The van der Waals surface area contributed by atoms with Gasteiger partial charge in [0.15, 0.2) is 11.5 Å². The Morgan fingerprint density at radius 3 is 2.65 bits per heavy atom. The van der Waals surface area contributed by atoms with Gasteiger partial charge in [-0.15, -0.1) is 0 Å². The molecule has 0 fully saturated rings. The summed E-state index contributed by atoms with van der Waals surface area (Å²) in [7, 11) is 1.55. The number of anilines is 2. The first-order chi connectivity index (χ1) is 17.5. The van der Waals surface area contributed by atoms with Gasteiger partial charge in [-0.1, -0.05) is 6.92 Å². The number of carbonyl (C=O) groups excluding carboxylic acids is 2. The fourth-order valence-corrected chi connectivity index (χ4v) is 4.71. The number of halogens is 3. The van der Waals surface area contributed by atoms with E-state index in [1.54, 1.807) is 25.0 Å². The Morgan fingerprint density at radius 1 is 1.30 bits per heavy atom.